The fraction of sp³-hybridized carbons (Fsp3) is 0.263. The van der Waals surface area contributed by atoms with E-state index in [-0.39, 0.29) is 10.6 Å². The van der Waals surface area contributed by atoms with Gasteiger partial charge in [0.05, 0.1) is 4.92 Å². The van der Waals surface area contributed by atoms with Gasteiger partial charge in [-0.3, -0.25) is 15.0 Å². The maximum atomic E-state index is 11.2. The molecular formula is C19H21N3O2. The number of rotatable bonds is 5. The van der Waals surface area contributed by atoms with E-state index in [4.69, 9.17) is 0 Å². The molecule has 24 heavy (non-hydrogen) atoms. The normalized spacial score (nSPS) is 15.8. The molecule has 1 heterocycles. The predicted molar refractivity (Wildman–Crippen MR) is 97.2 cm³/mol. The number of hydrogen-bond donors (Lipinski definition) is 0. The van der Waals surface area contributed by atoms with Gasteiger partial charge in [-0.05, 0) is 11.6 Å². The molecule has 0 amide bonds. The van der Waals surface area contributed by atoms with E-state index in [1.807, 2.05) is 30.3 Å². The van der Waals surface area contributed by atoms with Crippen LogP contribution in [0.15, 0.2) is 60.7 Å². The molecule has 0 bridgehead atoms. The van der Waals surface area contributed by atoms with Crippen LogP contribution in [0.3, 0.4) is 0 Å². The molecule has 1 aliphatic heterocycles. The van der Waals surface area contributed by atoms with Crippen LogP contribution >= 0.6 is 0 Å². The van der Waals surface area contributed by atoms with E-state index in [1.165, 1.54) is 5.56 Å². The molecule has 3 rings (SSSR count). The SMILES string of the molecule is O=[N+]([O-])c1ccccc1N1CCN(C/C=C/c2ccccc2)CC1. The largest absolute Gasteiger partial charge is 0.363 e. The van der Waals surface area contributed by atoms with Gasteiger partial charge >= 0.3 is 0 Å². The van der Waals surface area contributed by atoms with Crippen molar-refractivity contribution in [3.8, 4) is 0 Å². The minimum absolute atomic E-state index is 0.190. The van der Waals surface area contributed by atoms with Crippen LogP contribution in [-0.4, -0.2) is 42.5 Å². The molecule has 2 aromatic rings. The minimum Gasteiger partial charge on any atom is -0.363 e. The van der Waals surface area contributed by atoms with Crippen molar-refractivity contribution in [3.05, 3.63) is 76.4 Å². The van der Waals surface area contributed by atoms with Crippen molar-refractivity contribution in [1.82, 2.24) is 4.90 Å². The Morgan fingerprint density at radius 1 is 0.958 bits per heavy atom. The number of anilines is 1. The molecule has 0 atom stereocenters. The van der Waals surface area contributed by atoms with Crippen LogP contribution in [0.5, 0.6) is 0 Å². The summed E-state index contributed by atoms with van der Waals surface area (Å²) in [4.78, 5) is 15.3. The van der Waals surface area contributed by atoms with Gasteiger partial charge < -0.3 is 4.90 Å². The average Bonchev–Trinajstić information content (AvgIpc) is 2.63. The van der Waals surface area contributed by atoms with Crippen molar-refractivity contribution >= 4 is 17.5 Å². The molecule has 124 valence electrons. The van der Waals surface area contributed by atoms with Crippen molar-refractivity contribution in [2.45, 2.75) is 0 Å². The molecule has 5 heteroatoms. The molecule has 0 radical (unpaired) electrons. The van der Waals surface area contributed by atoms with Gasteiger partial charge in [-0.25, -0.2) is 0 Å². The summed E-state index contributed by atoms with van der Waals surface area (Å²) in [5.41, 5.74) is 2.12. The highest BCUT2D eigenvalue weighted by Crippen LogP contribution is 2.28. The van der Waals surface area contributed by atoms with Gasteiger partial charge in [0.25, 0.3) is 5.69 Å². The molecule has 0 spiro atoms. The average molecular weight is 323 g/mol. The van der Waals surface area contributed by atoms with E-state index in [0.717, 1.165) is 38.4 Å². The van der Waals surface area contributed by atoms with E-state index in [2.05, 4.69) is 34.1 Å². The molecule has 1 fully saturated rings. The van der Waals surface area contributed by atoms with Crippen LogP contribution < -0.4 is 4.90 Å². The van der Waals surface area contributed by atoms with Crippen molar-refractivity contribution in [2.24, 2.45) is 0 Å². The zero-order valence-corrected chi connectivity index (χ0v) is 13.5. The first-order valence-corrected chi connectivity index (χ1v) is 8.16. The van der Waals surface area contributed by atoms with E-state index in [0.29, 0.717) is 0 Å². The Bertz CT molecular complexity index is 708. The minimum atomic E-state index is -0.301. The van der Waals surface area contributed by atoms with E-state index in [9.17, 15) is 10.1 Å². The maximum Gasteiger partial charge on any atom is 0.292 e. The zero-order chi connectivity index (χ0) is 16.8. The van der Waals surface area contributed by atoms with Crippen LogP contribution in [0.2, 0.25) is 0 Å². The molecular weight excluding hydrogens is 302 g/mol. The highest BCUT2D eigenvalue weighted by molar-refractivity contribution is 5.63. The van der Waals surface area contributed by atoms with E-state index in [1.54, 1.807) is 12.1 Å². The van der Waals surface area contributed by atoms with Crippen molar-refractivity contribution in [2.75, 3.05) is 37.6 Å². The molecule has 1 saturated heterocycles. The van der Waals surface area contributed by atoms with Crippen LogP contribution in [0.1, 0.15) is 5.56 Å². The molecule has 1 aliphatic rings. The fourth-order valence-electron chi connectivity index (χ4n) is 2.96. The van der Waals surface area contributed by atoms with Gasteiger partial charge in [0.15, 0.2) is 0 Å². The van der Waals surface area contributed by atoms with Gasteiger partial charge in [0.2, 0.25) is 0 Å². The lowest BCUT2D eigenvalue weighted by Gasteiger charge is -2.35. The first kappa shape index (κ1) is 16.2. The monoisotopic (exact) mass is 323 g/mol. The standard InChI is InChI=1S/C19H21N3O2/c23-22(24)19-11-5-4-10-18(19)21-15-13-20(14-16-21)12-6-9-17-7-2-1-3-8-17/h1-11H,12-16H2/b9-6+. The molecule has 5 nitrogen and oxygen atoms in total. The van der Waals surface area contributed by atoms with Gasteiger partial charge in [-0.1, -0.05) is 54.6 Å². The summed E-state index contributed by atoms with van der Waals surface area (Å²) in [7, 11) is 0. The summed E-state index contributed by atoms with van der Waals surface area (Å²) >= 11 is 0. The Morgan fingerprint density at radius 3 is 2.33 bits per heavy atom. The second-order valence-corrected chi connectivity index (χ2v) is 5.85. The molecule has 0 N–H and O–H groups in total. The summed E-state index contributed by atoms with van der Waals surface area (Å²) in [5, 5.41) is 11.2. The zero-order valence-electron chi connectivity index (χ0n) is 13.5. The van der Waals surface area contributed by atoms with Crippen molar-refractivity contribution in [1.29, 1.82) is 0 Å². The van der Waals surface area contributed by atoms with Gasteiger partial charge in [0.1, 0.15) is 5.69 Å². The van der Waals surface area contributed by atoms with Crippen molar-refractivity contribution < 1.29 is 4.92 Å². The fourth-order valence-corrected chi connectivity index (χ4v) is 2.96. The van der Waals surface area contributed by atoms with Crippen LogP contribution in [-0.2, 0) is 0 Å². The number of piperazine rings is 1. The number of benzene rings is 2. The summed E-state index contributed by atoms with van der Waals surface area (Å²) < 4.78 is 0. The van der Waals surface area contributed by atoms with Crippen molar-refractivity contribution in [3.63, 3.8) is 0 Å². The molecule has 0 saturated carbocycles. The predicted octanol–water partition coefficient (Wildman–Crippen LogP) is 3.43. The van der Waals surface area contributed by atoms with E-state index >= 15 is 0 Å². The lowest BCUT2D eigenvalue weighted by Crippen LogP contribution is -2.46. The molecule has 0 aliphatic carbocycles. The third kappa shape index (κ3) is 4.00. The third-order valence-electron chi connectivity index (χ3n) is 4.26. The quantitative estimate of drug-likeness (QED) is 0.625. The smallest absolute Gasteiger partial charge is 0.292 e. The lowest BCUT2D eigenvalue weighted by molar-refractivity contribution is -0.384. The Balaban J connectivity index is 1.55. The first-order chi connectivity index (χ1) is 11.7. The Labute approximate surface area is 142 Å². The van der Waals surface area contributed by atoms with Crippen LogP contribution in [0.4, 0.5) is 11.4 Å². The van der Waals surface area contributed by atoms with Gasteiger partial charge in [-0.15, -0.1) is 0 Å². The molecule has 0 unspecified atom stereocenters. The number of nitro groups is 1. The van der Waals surface area contributed by atoms with Crippen LogP contribution in [0, 0.1) is 10.1 Å². The number of nitro benzene ring substituents is 1. The Kier molecular flexibility index (Phi) is 5.23. The lowest BCUT2D eigenvalue weighted by atomic mass is 10.2. The highest BCUT2D eigenvalue weighted by Gasteiger charge is 2.22. The van der Waals surface area contributed by atoms with Crippen LogP contribution in [0.25, 0.3) is 6.08 Å². The summed E-state index contributed by atoms with van der Waals surface area (Å²) in [6.45, 7) is 4.34. The molecule has 2 aromatic carbocycles. The second-order valence-electron chi connectivity index (χ2n) is 5.85. The summed E-state index contributed by atoms with van der Waals surface area (Å²) in [5.74, 6) is 0. The van der Waals surface area contributed by atoms with E-state index < -0.39 is 0 Å². The third-order valence-corrected chi connectivity index (χ3v) is 4.26. The number of para-hydroxylation sites is 2. The van der Waals surface area contributed by atoms with Gasteiger partial charge in [0, 0.05) is 38.8 Å². The summed E-state index contributed by atoms with van der Waals surface area (Å²) in [6, 6.07) is 17.2. The molecule has 0 aromatic heterocycles. The Hall–Kier alpha value is -2.66. The number of nitrogens with zero attached hydrogens (tertiary/aromatic N) is 3. The maximum absolute atomic E-state index is 11.2. The topological polar surface area (TPSA) is 49.6 Å². The summed E-state index contributed by atoms with van der Waals surface area (Å²) in [6.07, 6.45) is 4.31. The highest BCUT2D eigenvalue weighted by atomic mass is 16.6. The van der Waals surface area contributed by atoms with Gasteiger partial charge in [-0.2, -0.15) is 0 Å². The second kappa shape index (κ2) is 7.75. The Morgan fingerprint density at radius 2 is 1.62 bits per heavy atom. The first-order valence-electron chi connectivity index (χ1n) is 8.16. The number of hydrogen-bond acceptors (Lipinski definition) is 4.